The lowest BCUT2D eigenvalue weighted by Crippen LogP contribution is -2.08. The molecule has 0 saturated carbocycles. The van der Waals surface area contributed by atoms with E-state index in [2.05, 4.69) is 11.3 Å². The molecule has 0 saturated heterocycles. The van der Waals surface area contributed by atoms with Gasteiger partial charge in [0.2, 0.25) is 0 Å². The maximum absolute atomic E-state index is 10.5. The zero-order valence-corrected chi connectivity index (χ0v) is 11.0. The van der Waals surface area contributed by atoms with Crippen LogP contribution in [0.25, 0.3) is 0 Å². The molecule has 6 nitrogen and oxygen atoms in total. The SMILES string of the molecule is C=C(C)C(=O)OCCO.CCCCS(=O)(=O)O. The molecule has 2 N–H and O–H groups in total. The smallest absolute Gasteiger partial charge is 0.333 e. The Hall–Kier alpha value is -0.920. The van der Waals surface area contributed by atoms with Gasteiger partial charge in [0.1, 0.15) is 6.61 Å². The standard InChI is InChI=1S/C6H10O3.C4H10O3S/c1-5(2)6(8)9-4-3-7;1-2-3-4-8(5,6)7/h7H,1,3-4H2,2H3;2-4H2,1H3,(H,5,6,7). The minimum atomic E-state index is -3.69. The molecule has 0 amide bonds. The van der Waals surface area contributed by atoms with Crippen LogP contribution in [0.5, 0.6) is 0 Å². The van der Waals surface area contributed by atoms with Crippen molar-refractivity contribution in [2.24, 2.45) is 0 Å². The second-order valence-electron chi connectivity index (χ2n) is 3.28. The lowest BCUT2D eigenvalue weighted by atomic mass is 10.4. The summed E-state index contributed by atoms with van der Waals surface area (Å²) in [6.07, 6.45) is 1.33. The van der Waals surface area contributed by atoms with Crippen LogP contribution in [0.15, 0.2) is 12.2 Å². The summed E-state index contributed by atoms with van der Waals surface area (Å²) in [5.74, 6) is -0.562. The van der Waals surface area contributed by atoms with Crippen LogP contribution < -0.4 is 0 Å². The van der Waals surface area contributed by atoms with Crippen molar-refractivity contribution in [3.8, 4) is 0 Å². The third-order valence-electron chi connectivity index (χ3n) is 1.43. The number of hydrogen-bond acceptors (Lipinski definition) is 5. The number of esters is 1. The van der Waals surface area contributed by atoms with Crippen molar-refractivity contribution in [3.63, 3.8) is 0 Å². The van der Waals surface area contributed by atoms with E-state index >= 15 is 0 Å². The van der Waals surface area contributed by atoms with E-state index in [4.69, 9.17) is 9.66 Å². The lowest BCUT2D eigenvalue weighted by molar-refractivity contribution is -0.139. The number of carbonyl (C=O) groups excluding carboxylic acids is 1. The third kappa shape index (κ3) is 17.7. The second kappa shape index (κ2) is 10.2. The van der Waals surface area contributed by atoms with E-state index in [0.29, 0.717) is 12.0 Å². The summed E-state index contributed by atoms with van der Waals surface area (Å²) in [7, 11) is -3.69. The van der Waals surface area contributed by atoms with Crippen LogP contribution in [-0.4, -0.2) is 43.0 Å². The molecule has 0 radical (unpaired) electrons. The largest absolute Gasteiger partial charge is 0.460 e. The molecule has 0 aromatic carbocycles. The highest BCUT2D eigenvalue weighted by atomic mass is 32.2. The molecule has 0 rings (SSSR count). The van der Waals surface area contributed by atoms with Gasteiger partial charge in [0.05, 0.1) is 12.4 Å². The van der Waals surface area contributed by atoms with E-state index in [9.17, 15) is 13.2 Å². The molecule has 0 heterocycles. The molecule has 7 heteroatoms. The van der Waals surface area contributed by atoms with E-state index in [1.165, 1.54) is 0 Å². The molecule has 0 bridgehead atoms. The third-order valence-corrected chi connectivity index (χ3v) is 2.23. The van der Waals surface area contributed by atoms with Gasteiger partial charge in [0, 0.05) is 5.57 Å². The van der Waals surface area contributed by atoms with Crippen LogP contribution in [0.1, 0.15) is 26.7 Å². The fraction of sp³-hybridized carbons (Fsp3) is 0.700. The van der Waals surface area contributed by atoms with Crippen molar-refractivity contribution in [3.05, 3.63) is 12.2 Å². The number of ether oxygens (including phenoxy) is 1. The maximum Gasteiger partial charge on any atom is 0.333 e. The number of aliphatic hydroxyl groups is 1. The molecule has 0 spiro atoms. The topological polar surface area (TPSA) is 101 Å². The zero-order chi connectivity index (χ0) is 13.9. The van der Waals surface area contributed by atoms with Crippen LogP contribution in [0.4, 0.5) is 0 Å². The fourth-order valence-corrected chi connectivity index (χ4v) is 1.24. The normalized spacial score (nSPS) is 10.1. The average molecular weight is 268 g/mol. The van der Waals surface area contributed by atoms with Gasteiger partial charge in [-0.15, -0.1) is 0 Å². The predicted octanol–water partition coefficient (Wildman–Crippen LogP) is 0.772. The molecule has 0 aromatic heterocycles. The predicted molar refractivity (Wildman–Crippen MR) is 64.2 cm³/mol. The number of hydrogen-bond donors (Lipinski definition) is 2. The molecule has 0 fully saturated rings. The molecule has 0 aliphatic heterocycles. The Morgan fingerprint density at radius 2 is 1.94 bits per heavy atom. The van der Waals surface area contributed by atoms with Crippen molar-refractivity contribution in [2.45, 2.75) is 26.7 Å². The number of aliphatic hydroxyl groups excluding tert-OH is 1. The molecule has 0 aliphatic rings. The fourth-order valence-electron chi connectivity index (χ4n) is 0.588. The Labute approximate surface area is 102 Å². The van der Waals surface area contributed by atoms with Gasteiger partial charge in [0.15, 0.2) is 0 Å². The summed E-state index contributed by atoms with van der Waals surface area (Å²) in [5.41, 5.74) is 0.350. The van der Waals surface area contributed by atoms with Gasteiger partial charge < -0.3 is 9.84 Å². The Bertz CT molecular complexity index is 320. The highest BCUT2D eigenvalue weighted by molar-refractivity contribution is 7.85. The first-order valence-electron chi connectivity index (χ1n) is 5.13. The van der Waals surface area contributed by atoms with Gasteiger partial charge in [-0.3, -0.25) is 4.55 Å². The minimum absolute atomic E-state index is 0.0473. The molecule has 0 unspecified atom stereocenters. The van der Waals surface area contributed by atoms with Crippen molar-refractivity contribution >= 4 is 16.1 Å². The zero-order valence-electron chi connectivity index (χ0n) is 10.2. The van der Waals surface area contributed by atoms with E-state index < -0.39 is 16.1 Å². The first-order chi connectivity index (χ1) is 7.74. The van der Waals surface area contributed by atoms with Crippen LogP contribution in [0.3, 0.4) is 0 Å². The van der Waals surface area contributed by atoms with Crippen molar-refractivity contribution in [1.29, 1.82) is 0 Å². The van der Waals surface area contributed by atoms with Crippen molar-refractivity contribution < 1.29 is 27.6 Å². The quantitative estimate of drug-likeness (QED) is 0.419. The van der Waals surface area contributed by atoms with Gasteiger partial charge in [-0.1, -0.05) is 19.9 Å². The Kier molecular flexibility index (Phi) is 11.1. The summed E-state index contributed by atoms with van der Waals surface area (Å²) in [5, 5.41) is 8.19. The van der Waals surface area contributed by atoms with Gasteiger partial charge in [0.25, 0.3) is 10.1 Å². The summed E-state index contributed by atoms with van der Waals surface area (Å²) in [4.78, 5) is 10.5. The highest BCUT2D eigenvalue weighted by Gasteiger charge is 2.00. The lowest BCUT2D eigenvalue weighted by Gasteiger charge is -1.99. The summed E-state index contributed by atoms with van der Waals surface area (Å²) >= 11 is 0. The van der Waals surface area contributed by atoms with Gasteiger partial charge >= 0.3 is 5.97 Å². The summed E-state index contributed by atoms with van der Waals surface area (Å²) < 4.78 is 32.5. The average Bonchev–Trinajstić information content (AvgIpc) is 2.22. The Balaban J connectivity index is 0. The molecule has 102 valence electrons. The second-order valence-corrected chi connectivity index (χ2v) is 4.85. The van der Waals surface area contributed by atoms with E-state index in [1.807, 2.05) is 6.92 Å². The minimum Gasteiger partial charge on any atom is -0.460 e. The van der Waals surface area contributed by atoms with Crippen LogP contribution >= 0.6 is 0 Å². The van der Waals surface area contributed by atoms with Crippen LogP contribution in [0, 0.1) is 0 Å². The van der Waals surface area contributed by atoms with Gasteiger partial charge in [-0.25, -0.2) is 4.79 Å². The van der Waals surface area contributed by atoms with E-state index in [1.54, 1.807) is 6.92 Å². The first-order valence-corrected chi connectivity index (χ1v) is 6.74. The maximum atomic E-state index is 10.5. The molecule has 0 atom stereocenters. The molecule has 17 heavy (non-hydrogen) atoms. The van der Waals surface area contributed by atoms with Crippen LogP contribution in [0.2, 0.25) is 0 Å². The van der Waals surface area contributed by atoms with Crippen LogP contribution in [-0.2, 0) is 19.6 Å². The Morgan fingerprint density at radius 1 is 1.41 bits per heavy atom. The monoisotopic (exact) mass is 268 g/mol. The summed E-state index contributed by atoms with van der Waals surface area (Å²) in [6.45, 7) is 6.68. The molecule has 0 aliphatic carbocycles. The number of carbonyl (C=O) groups is 1. The van der Waals surface area contributed by atoms with Crippen molar-refractivity contribution in [2.75, 3.05) is 19.0 Å². The molecular formula is C10H20O6S. The number of unbranched alkanes of at least 4 members (excludes halogenated alkanes) is 1. The molecule has 0 aromatic rings. The molecular weight excluding hydrogens is 248 g/mol. The van der Waals surface area contributed by atoms with Crippen molar-refractivity contribution in [1.82, 2.24) is 0 Å². The van der Waals surface area contributed by atoms with E-state index in [-0.39, 0.29) is 19.0 Å². The first kappa shape index (κ1) is 18.4. The van der Waals surface area contributed by atoms with E-state index in [0.717, 1.165) is 6.42 Å². The van der Waals surface area contributed by atoms with Gasteiger partial charge in [-0.05, 0) is 13.3 Å². The Morgan fingerprint density at radius 3 is 2.18 bits per heavy atom. The highest BCUT2D eigenvalue weighted by Crippen LogP contribution is 1.91. The number of rotatable bonds is 6. The van der Waals surface area contributed by atoms with Gasteiger partial charge in [-0.2, -0.15) is 8.42 Å². The summed E-state index contributed by atoms with van der Waals surface area (Å²) in [6, 6.07) is 0.